The molecule has 98 valence electrons. The Morgan fingerprint density at radius 2 is 2.06 bits per heavy atom. The van der Waals surface area contributed by atoms with E-state index in [9.17, 15) is 4.79 Å². The summed E-state index contributed by atoms with van der Waals surface area (Å²) in [5, 5.41) is 3.24. The standard InChI is InChI=1S/C14H26N2O/c1-4-14(2)9-12(14)13(17)16-7-5-11(6-8-16)10-15-3/h11-12,15H,4-10H2,1-3H3. The highest BCUT2D eigenvalue weighted by atomic mass is 16.2. The van der Waals surface area contributed by atoms with E-state index in [1.807, 2.05) is 7.05 Å². The molecule has 1 saturated carbocycles. The summed E-state index contributed by atoms with van der Waals surface area (Å²) in [6.45, 7) is 7.50. The second-order valence-electron chi connectivity index (χ2n) is 6.09. The molecule has 1 aliphatic carbocycles. The Labute approximate surface area is 105 Å². The zero-order chi connectivity index (χ0) is 12.5. The number of carbonyl (C=O) groups excluding carboxylic acids is 1. The lowest BCUT2D eigenvalue weighted by Gasteiger charge is -2.32. The molecule has 0 spiro atoms. The molecule has 17 heavy (non-hydrogen) atoms. The van der Waals surface area contributed by atoms with Gasteiger partial charge in [0, 0.05) is 19.0 Å². The zero-order valence-electron chi connectivity index (χ0n) is 11.5. The van der Waals surface area contributed by atoms with Crippen molar-refractivity contribution in [3.63, 3.8) is 0 Å². The third-order valence-electron chi connectivity index (χ3n) is 4.88. The van der Waals surface area contributed by atoms with E-state index in [0.29, 0.717) is 17.2 Å². The maximum Gasteiger partial charge on any atom is 0.226 e. The van der Waals surface area contributed by atoms with Crippen molar-refractivity contribution in [3.05, 3.63) is 0 Å². The first-order chi connectivity index (χ1) is 8.10. The fourth-order valence-corrected chi connectivity index (χ4v) is 3.05. The van der Waals surface area contributed by atoms with Crippen molar-refractivity contribution >= 4 is 5.91 Å². The summed E-state index contributed by atoms with van der Waals surface area (Å²) in [7, 11) is 2.01. The van der Waals surface area contributed by atoms with Crippen molar-refractivity contribution in [1.29, 1.82) is 0 Å². The Bertz CT molecular complexity index is 284. The minimum atomic E-state index is 0.318. The predicted molar refractivity (Wildman–Crippen MR) is 69.7 cm³/mol. The van der Waals surface area contributed by atoms with E-state index in [1.54, 1.807) is 0 Å². The average Bonchev–Trinajstić information content (AvgIpc) is 3.03. The average molecular weight is 238 g/mol. The molecule has 2 rings (SSSR count). The fraction of sp³-hybridized carbons (Fsp3) is 0.929. The molecule has 3 heteroatoms. The van der Waals surface area contributed by atoms with Crippen LogP contribution in [0.2, 0.25) is 0 Å². The number of hydrogen-bond acceptors (Lipinski definition) is 2. The molecule has 2 atom stereocenters. The number of carbonyl (C=O) groups is 1. The van der Waals surface area contributed by atoms with Crippen molar-refractivity contribution in [3.8, 4) is 0 Å². The molecule has 0 aromatic heterocycles. The van der Waals surface area contributed by atoms with Crippen LogP contribution in [0.25, 0.3) is 0 Å². The van der Waals surface area contributed by atoms with Gasteiger partial charge in [-0.2, -0.15) is 0 Å². The molecule has 1 saturated heterocycles. The first kappa shape index (κ1) is 12.9. The number of likely N-dealkylation sites (tertiary alicyclic amines) is 1. The van der Waals surface area contributed by atoms with Gasteiger partial charge < -0.3 is 10.2 Å². The monoisotopic (exact) mass is 238 g/mol. The van der Waals surface area contributed by atoms with E-state index >= 15 is 0 Å². The van der Waals surface area contributed by atoms with Gasteiger partial charge in [-0.25, -0.2) is 0 Å². The highest BCUT2D eigenvalue weighted by Gasteiger charge is 2.54. The maximum absolute atomic E-state index is 12.3. The minimum Gasteiger partial charge on any atom is -0.342 e. The van der Waals surface area contributed by atoms with Crippen LogP contribution in [0.3, 0.4) is 0 Å². The molecule has 0 bridgehead atoms. The largest absolute Gasteiger partial charge is 0.342 e. The highest BCUT2D eigenvalue weighted by molar-refractivity contribution is 5.82. The highest BCUT2D eigenvalue weighted by Crippen LogP contribution is 2.55. The van der Waals surface area contributed by atoms with E-state index in [1.165, 1.54) is 12.8 Å². The van der Waals surface area contributed by atoms with Crippen molar-refractivity contribution in [2.24, 2.45) is 17.3 Å². The van der Waals surface area contributed by atoms with Crippen molar-refractivity contribution in [2.75, 3.05) is 26.7 Å². The van der Waals surface area contributed by atoms with Gasteiger partial charge in [-0.3, -0.25) is 4.79 Å². The normalized spacial score (nSPS) is 33.8. The number of nitrogens with zero attached hydrogens (tertiary/aromatic N) is 1. The molecular formula is C14H26N2O. The van der Waals surface area contributed by atoms with Crippen molar-refractivity contribution < 1.29 is 4.79 Å². The Kier molecular flexibility index (Phi) is 3.76. The molecule has 2 fully saturated rings. The minimum absolute atomic E-state index is 0.318. The molecule has 1 amide bonds. The van der Waals surface area contributed by atoms with Crippen LogP contribution in [0.4, 0.5) is 0 Å². The lowest BCUT2D eigenvalue weighted by molar-refractivity contribution is -0.134. The second-order valence-corrected chi connectivity index (χ2v) is 6.09. The molecule has 0 aromatic rings. The first-order valence-corrected chi connectivity index (χ1v) is 7.04. The summed E-state index contributed by atoms with van der Waals surface area (Å²) in [6, 6.07) is 0. The van der Waals surface area contributed by atoms with Crippen LogP contribution in [-0.4, -0.2) is 37.5 Å². The molecule has 2 aliphatic rings. The number of hydrogen-bond donors (Lipinski definition) is 1. The Balaban J connectivity index is 1.80. The van der Waals surface area contributed by atoms with Crippen LogP contribution >= 0.6 is 0 Å². The van der Waals surface area contributed by atoms with E-state index in [-0.39, 0.29) is 0 Å². The number of nitrogens with one attached hydrogen (secondary N) is 1. The summed E-state index contributed by atoms with van der Waals surface area (Å²) in [5.74, 6) is 1.52. The van der Waals surface area contributed by atoms with Crippen LogP contribution in [0, 0.1) is 17.3 Å². The maximum atomic E-state index is 12.3. The number of rotatable bonds is 4. The molecule has 2 unspecified atom stereocenters. The quantitative estimate of drug-likeness (QED) is 0.811. The van der Waals surface area contributed by atoms with Gasteiger partial charge in [0.1, 0.15) is 0 Å². The van der Waals surface area contributed by atoms with Gasteiger partial charge in [0.25, 0.3) is 0 Å². The van der Waals surface area contributed by atoms with Crippen LogP contribution < -0.4 is 5.32 Å². The molecular weight excluding hydrogens is 212 g/mol. The SMILES string of the molecule is CCC1(C)CC1C(=O)N1CCC(CNC)CC1. The van der Waals surface area contributed by atoms with Crippen LogP contribution in [0.5, 0.6) is 0 Å². The van der Waals surface area contributed by atoms with E-state index in [0.717, 1.165) is 38.4 Å². The van der Waals surface area contributed by atoms with Gasteiger partial charge >= 0.3 is 0 Å². The fourth-order valence-electron chi connectivity index (χ4n) is 3.05. The molecule has 0 aromatic carbocycles. The lowest BCUT2D eigenvalue weighted by Crippen LogP contribution is -2.41. The van der Waals surface area contributed by atoms with Crippen LogP contribution in [-0.2, 0) is 4.79 Å². The van der Waals surface area contributed by atoms with Crippen molar-refractivity contribution in [1.82, 2.24) is 10.2 Å². The summed E-state index contributed by atoms with van der Waals surface area (Å²) in [5.41, 5.74) is 0.318. The van der Waals surface area contributed by atoms with Gasteiger partial charge in [-0.1, -0.05) is 13.8 Å². The zero-order valence-corrected chi connectivity index (χ0v) is 11.5. The molecule has 0 radical (unpaired) electrons. The topological polar surface area (TPSA) is 32.3 Å². The van der Waals surface area contributed by atoms with E-state index in [2.05, 4.69) is 24.1 Å². The van der Waals surface area contributed by atoms with Crippen LogP contribution in [0.15, 0.2) is 0 Å². The van der Waals surface area contributed by atoms with Gasteiger partial charge in [0.2, 0.25) is 5.91 Å². The Morgan fingerprint density at radius 1 is 1.41 bits per heavy atom. The van der Waals surface area contributed by atoms with Crippen molar-refractivity contribution in [2.45, 2.75) is 39.5 Å². The second kappa shape index (κ2) is 4.97. The van der Waals surface area contributed by atoms with Crippen LogP contribution in [0.1, 0.15) is 39.5 Å². The lowest BCUT2D eigenvalue weighted by atomic mass is 9.96. The smallest absolute Gasteiger partial charge is 0.226 e. The van der Waals surface area contributed by atoms with E-state index < -0.39 is 0 Å². The number of amides is 1. The molecule has 1 heterocycles. The molecule has 3 nitrogen and oxygen atoms in total. The Morgan fingerprint density at radius 3 is 2.53 bits per heavy atom. The first-order valence-electron chi connectivity index (χ1n) is 7.04. The summed E-state index contributed by atoms with van der Waals surface area (Å²) < 4.78 is 0. The third kappa shape index (κ3) is 2.65. The molecule has 1 aliphatic heterocycles. The van der Waals surface area contributed by atoms with Gasteiger partial charge in [-0.15, -0.1) is 0 Å². The van der Waals surface area contributed by atoms with Gasteiger partial charge in [0.05, 0.1) is 0 Å². The van der Waals surface area contributed by atoms with E-state index in [4.69, 9.17) is 0 Å². The summed E-state index contributed by atoms with van der Waals surface area (Å²) >= 11 is 0. The summed E-state index contributed by atoms with van der Waals surface area (Å²) in [4.78, 5) is 14.4. The van der Waals surface area contributed by atoms with Gasteiger partial charge in [-0.05, 0) is 50.6 Å². The third-order valence-corrected chi connectivity index (χ3v) is 4.88. The summed E-state index contributed by atoms with van der Waals surface area (Å²) in [6.07, 6.45) is 4.59. The van der Waals surface area contributed by atoms with Gasteiger partial charge in [0.15, 0.2) is 0 Å². The number of piperidine rings is 1. The Hall–Kier alpha value is -0.570. The predicted octanol–water partition coefficient (Wildman–Crippen LogP) is 1.88. The molecule has 1 N–H and O–H groups in total.